The quantitative estimate of drug-likeness (QED) is 0.145. The van der Waals surface area contributed by atoms with Gasteiger partial charge in [-0.1, -0.05) is 18.2 Å². The number of anilines is 2. The lowest BCUT2D eigenvalue weighted by Gasteiger charge is -2.51. The number of halogens is 1. The molecular weight excluding hydrogens is 756 g/mol. The standard InChI is InChI=1S/C43H45FN10O5/c1-26-17-34(44)36(18-33(26)43(58)53(25-55)35-11-12-37(56)48-42(35)57)52-20-27(21-52)19-50-22-30(23-50)51-15-13-29(14-16-51)54-41-38(40(45)46-24-47-41)39(49-54)28-7-9-32(10-8-28)59-31-5-3-2-4-6-31/h2-10,17-18,24-25,27,29-30,35H,11-16,19-23H2,1H3,(H2,45,46,47)(H,48,56,57). The summed E-state index contributed by atoms with van der Waals surface area (Å²) in [4.78, 5) is 66.1. The molecule has 3 aromatic carbocycles. The molecule has 16 heteroatoms. The Kier molecular flexibility index (Phi) is 10.3. The molecule has 9 rings (SSSR count). The van der Waals surface area contributed by atoms with Gasteiger partial charge in [-0.25, -0.2) is 19.0 Å². The zero-order valence-electron chi connectivity index (χ0n) is 32.7. The van der Waals surface area contributed by atoms with Crippen LogP contribution in [0.1, 0.15) is 47.6 Å². The smallest absolute Gasteiger partial charge is 0.261 e. The highest BCUT2D eigenvalue weighted by Crippen LogP contribution is 2.37. The molecule has 0 spiro atoms. The van der Waals surface area contributed by atoms with Crippen LogP contribution >= 0.6 is 0 Å². The fraction of sp³-hybridized carbons (Fsp3) is 0.372. The van der Waals surface area contributed by atoms with Gasteiger partial charge in [0.25, 0.3) is 5.91 Å². The topological polar surface area (TPSA) is 172 Å². The summed E-state index contributed by atoms with van der Waals surface area (Å²) in [6, 6.07) is 19.8. The molecule has 2 aromatic heterocycles. The number of nitrogens with two attached hydrogens (primary N) is 1. The Morgan fingerprint density at radius 3 is 2.41 bits per heavy atom. The molecule has 0 aliphatic carbocycles. The Balaban J connectivity index is 0.776. The molecule has 5 aromatic rings. The summed E-state index contributed by atoms with van der Waals surface area (Å²) in [5, 5.41) is 8.03. The van der Waals surface area contributed by atoms with Crippen LogP contribution in [-0.2, 0) is 14.4 Å². The normalized spacial score (nSPS) is 19.6. The molecule has 4 amide bonds. The Hall–Kier alpha value is -6.26. The average molecular weight is 801 g/mol. The molecular formula is C43H45FN10O5. The number of aryl methyl sites for hydroxylation is 1. The second kappa shape index (κ2) is 15.8. The van der Waals surface area contributed by atoms with Crippen LogP contribution < -0.4 is 20.7 Å². The molecule has 1 atom stereocenters. The molecule has 4 aliphatic heterocycles. The lowest BCUT2D eigenvalue weighted by Crippen LogP contribution is -2.63. The van der Waals surface area contributed by atoms with Crippen molar-refractivity contribution in [2.24, 2.45) is 5.92 Å². The molecule has 3 N–H and O–H groups in total. The van der Waals surface area contributed by atoms with Crippen molar-refractivity contribution in [3.05, 3.63) is 90.0 Å². The number of imide groups is 2. The first kappa shape index (κ1) is 38.3. The number of nitrogens with zero attached hydrogens (tertiary/aromatic N) is 8. The molecule has 15 nitrogen and oxygen atoms in total. The molecule has 0 radical (unpaired) electrons. The van der Waals surface area contributed by atoms with Crippen molar-refractivity contribution >= 4 is 46.7 Å². The molecule has 1 unspecified atom stereocenters. The summed E-state index contributed by atoms with van der Waals surface area (Å²) >= 11 is 0. The SMILES string of the molecule is Cc1cc(F)c(N2CC(CN3CC(N4CCC(n5nc(-c6ccc(Oc7ccccc7)cc6)c6c(N)ncnc65)CC4)C3)C2)cc1C(=O)N(C=O)C1CCC(=O)NC1=O. The molecule has 304 valence electrons. The summed E-state index contributed by atoms with van der Waals surface area (Å²) in [6.07, 6.45) is 3.74. The van der Waals surface area contributed by atoms with Crippen molar-refractivity contribution in [3.63, 3.8) is 0 Å². The van der Waals surface area contributed by atoms with E-state index in [0.717, 1.165) is 84.3 Å². The molecule has 6 heterocycles. The van der Waals surface area contributed by atoms with E-state index in [9.17, 15) is 19.2 Å². The third-order valence-electron chi connectivity index (χ3n) is 12.2. The van der Waals surface area contributed by atoms with E-state index in [0.29, 0.717) is 48.5 Å². The summed E-state index contributed by atoms with van der Waals surface area (Å²) in [7, 11) is 0. The van der Waals surface area contributed by atoms with E-state index < -0.39 is 29.6 Å². The number of likely N-dealkylation sites (tertiary alicyclic amines) is 2. The maximum absolute atomic E-state index is 15.2. The van der Waals surface area contributed by atoms with Crippen LogP contribution in [0.5, 0.6) is 11.5 Å². The van der Waals surface area contributed by atoms with E-state index in [1.807, 2.05) is 64.2 Å². The number of nitrogens with one attached hydrogen (secondary N) is 1. The predicted octanol–water partition coefficient (Wildman–Crippen LogP) is 4.18. The van der Waals surface area contributed by atoms with E-state index >= 15 is 4.39 Å². The predicted molar refractivity (Wildman–Crippen MR) is 217 cm³/mol. The van der Waals surface area contributed by atoms with Gasteiger partial charge in [-0.15, -0.1) is 0 Å². The Morgan fingerprint density at radius 1 is 0.966 bits per heavy atom. The molecule has 4 aliphatic rings. The number of nitrogen functional groups attached to an aromatic ring is 1. The van der Waals surface area contributed by atoms with E-state index in [4.69, 9.17) is 15.6 Å². The molecule has 59 heavy (non-hydrogen) atoms. The van der Waals surface area contributed by atoms with Gasteiger partial charge in [-0.2, -0.15) is 5.10 Å². The highest BCUT2D eigenvalue weighted by molar-refractivity contribution is 6.08. The fourth-order valence-electron chi connectivity index (χ4n) is 8.91. The fourth-order valence-corrected chi connectivity index (χ4v) is 8.91. The second-order valence-corrected chi connectivity index (χ2v) is 16.0. The number of carbonyl (C=O) groups excluding carboxylic acids is 4. The molecule has 4 saturated heterocycles. The lowest BCUT2D eigenvalue weighted by atomic mass is 9.94. The zero-order chi connectivity index (χ0) is 40.8. The Morgan fingerprint density at radius 2 is 1.69 bits per heavy atom. The number of carbonyl (C=O) groups is 4. The number of benzene rings is 3. The minimum absolute atomic E-state index is 0.0220. The molecule has 0 bridgehead atoms. The third-order valence-corrected chi connectivity index (χ3v) is 12.2. The zero-order valence-corrected chi connectivity index (χ0v) is 32.7. The first-order chi connectivity index (χ1) is 28.6. The van der Waals surface area contributed by atoms with Gasteiger partial charge in [0.15, 0.2) is 5.65 Å². The number of amides is 4. The van der Waals surface area contributed by atoms with E-state index in [2.05, 4.69) is 25.1 Å². The van der Waals surface area contributed by atoms with Crippen LogP contribution in [0, 0.1) is 18.7 Å². The van der Waals surface area contributed by atoms with E-state index in [-0.39, 0.29) is 24.4 Å². The third kappa shape index (κ3) is 7.49. The van der Waals surface area contributed by atoms with Gasteiger partial charge in [0, 0.05) is 75.3 Å². The first-order valence-electron chi connectivity index (χ1n) is 20.1. The van der Waals surface area contributed by atoms with Crippen molar-refractivity contribution in [1.29, 1.82) is 0 Å². The maximum Gasteiger partial charge on any atom is 0.261 e. The summed E-state index contributed by atoms with van der Waals surface area (Å²) in [6.45, 7) is 7.63. The van der Waals surface area contributed by atoms with Gasteiger partial charge in [-0.05, 0) is 80.3 Å². The number of fused-ring (bicyclic) bond motifs is 1. The minimum Gasteiger partial charge on any atom is -0.457 e. The van der Waals surface area contributed by atoms with E-state index in [1.165, 1.54) is 18.5 Å². The van der Waals surface area contributed by atoms with Crippen molar-refractivity contribution < 1.29 is 28.3 Å². The van der Waals surface area contributed by atoms with Crippen LogP contribution in [-0.4, -0.2) is 116 Å². The second-order valence-electron chi connectivity index (χ2n) is 16.0. The summed E-state index contributed by atoms with van der Waals surface area (Å²) < 4.78 is 23.3. The molecule has 4 fully saturated rings. The Labute approximate surface area is 339 Å². The first-order valence-corrected chi connectivity index (χ1v) is 20.1. The number of piperidine rings is 2. The minimum atomic E-state index is -1.10. The van der Waals surface area contributed by atoms with Gasteiger partial charge in [0.2, 0.25) is 18.2 Å². The Bertz CT molecular complexity index is 2410. The van der Waals surface area contributed by atoms with Gasteiger partial charge < -0.3 is 15.4 Å². The number of para-hydroxylation sites is 1. The number of hydrogen-bond donors (Lipinski definition) is 2. The largest absolute Gasteiger partial charge is 0.457 e. The van der Waals surface area contributed by atoms with Crippen molar-refractivity contribution in [3.8, 4) is 22.8 Å². The van der Waals surface area contributed by atoms with Crippen molar-refractivity contribution in [2.45, 2.75) is 50.7 Å². The van der Waals surface area contributed by atoms with E-state index in [1.54, 1.807) is 6.92 Å². The van der Waals surface area contributed by atoms with Crippen LogP contribution in [0.15, 0.2) is 73.1 Å². The highest BCUT2D eigenvalue weighted by Gasteiger charge is 2.40. The van der Waals surface area contributed by atoms with Gasteiger partial charge in [0.1, 0.15) is 41.2 Å². The summed E-state index contributed by atoms with van der Waals surface area (Å²) in [5.74, 6) is -0.0367. The monoisotopic (exact) mass is 800 g/mol. The summed E-state index contributed by atoms with van der Waals surface area (Å²) in [5.41, 5.74) is 9.64. The van der Waals surface area contributed by atoms with Crippen LogP contribution in [0.2, 0.25) is 0 Å². The van der Waals surface area contributed by atoms with Crippen molar-refractivity contribution in [2.75, 3.05) is 56.4 Å². The van der Waals surface area contributed by atoms with Crippen LogP contribution in [0.4, 0.5) is 15.9 Å². The number of rotatable bonds is 11. The maximum atomic E-state index is 15.2. The lowest BCUT2D eigenvalue weighted by molar-refractivity contribution is -0.139. The number of hydrogen-bond acceptors (Lipinski definition) is 12. The average Bonchev–Trinajstić information content (AvgIpc) is 3.60. The highest BCUT2D eigenvalue weighted by atomic mass is 19.1. The van der Waals surface area contributed by atoms with Crippen LogP contribution in [0.25, 0.3) is 22.3 Å². The molecule has 0 saturated carbocycles. The van der Waals surface area contributed by atoms with Gasteiger partial charge in [0.05, 0.1) is 17.1 Å². The van der Waals surface area contributed by atoms with Crippen LogP contribution in [0.3, 0.4) is 0 Å². The number of ether oxygens (including phenoxy) is 1. The van der Waals surface area contributed by atoms with Gasteiger partial charge >= 0.3 is 0 Å². The van der Waals surface area contributed by atoms with Crippen molar-refractivity contribution in [1.82, 2.24) is 39.8 Å². The number of aromatic nitrogens is 4. The van der Waals surface area contributed by atoms with Gasteiger partial charge in [-0.3, -0.25) is 39.2 Å².